The lowest BCUT2D eigenvalue weighted by Crippen LogP contribution is -2.44. The second-order valence-electron chi connectivity index (χ2n) is 7.14. The van der Waals surface area contributed by atoms with Gasteiger partial charge in [-0.3, -0.25) is 29.1 Å². The molecular formula is C20H30N6O6. The number of aromatic nitrogens is 4. The Labute approximate surface area is 184 Å². The number of unbranched alkanes of at least 4 members (excludes halogenated alkanes) is 1. The van der Waals surface area contributed by atoms with Gasteiger partial charge in [-0.2, -0.15) is 5.10 Å². The fraction of sp³-hybridized carbons (Fsp3) is 0.550. The second-order valence-corrected chi connectivity index (χ2v) is 7.14. The number of esters is 1. The minimum atomic E-state index is -0.812. The summed E-state index contributed by atoms with van der Waals surface area (Å²) in [5.41, 5.74) is 5.27. The number of aryl methyl sites for hydroxylation is 1. The van der Waals surface area contributed by atoms with Gasteiger partial charge < -0.3 is 15.2 Å². The van der Waals surface area contributed by atoms with E-state index >= 15 is 0 Å². The van der Waals surface area contributed by atoms with E-state index in [4.69, 9.17) is 15.2 Å². The van der Waals surface area contributed by atoms with Crippen LogP contribution in [-0.2, 0) is 27.2 Å². The van der Waals surface area contributed by atoms with Crippen LogP contribution in [0.1, 0.15) is 49.3 Å². The van der Waals surface area contributed by atoms with Gasteiger partial charge in [0.1, 0.15) is 5.82 Å². The van der Waals surface area contributed by atoms with Gasteiger partial charge >= 0.3 is 11.7 Å². The van der Waals surface area contributed by atoms with E-state index in [0.29, 0.717) is 6.42 Å². The van der Waals surface area contributed by atoms with Gasteiger partial charge in [-0.1, -0.05) is 26.7 Å². The third-order valence-corrected chi connectivity index (χ3v) is 4.73. The van der Waals surface area contributed by atoms with E-state index in [-0.39, 0.29) is 36.9 Å². The molecule has 0 fully saturated rings. The number of nitrogens with zero attached hydrogens (tertiary/aromatic N) is 3. The maximum Gasteiger partial charge on any atom is 0.359 e. The molecule has 0 radical (unpaired) electrons. The molecular weight excluding hydrogens is 420 g/mol. The fourth-order valence-corrected chi connectivity index (χ4v) is 3.06. The van der Waals surface area contributed by atoms with Gasteiger partial charge in [0, 0.05) is 25.9 Å². The number of hydrogen-bond acceptors (Lipinski definition) is 8. The zero-order valence-corrected chi connectivity index (χ0v) is 18.6. The van der Waals surface area contributed by atoms with E-state index in [2.05, 4.69) is 15.2 Å². The van der Waals surface area contributed by atoms with E-state index < -0.39 is 29.7 Å². The number of hydrogen-bond donors (Lipinski definition) is 3. The predicted molar refractivity (Wildman–Crippen MR) is 118 cm³/mol. The first-order valence-electron chi connectivity index (χ1n) is 10.5. The number of ether oxygens (including phenoxy) is 2. The second kappa shape index (κ2) is 11.8. The maximum atomic E-state index is 12.9. The molecule has 0 spiro atoms. The number of nitrogens with two attached hydrogens (primary N) is 1. The lowest BCUT2D eigenvalue weighted by Gasteiger charge is -2.24. The van der Waals surface area contributed by atoms with Crippen molar-refractivity contribution in [2.75, 3.05) is 37.5 Å². The van der Waals surface area contributed by atoms with Crippen LogP contribution in [0.4, 0.5) is 11.5 Å². The molecule has 0 aromatic carbocycles. The summed E-state index contributed by atoms with van der Waals surface area (Å²) in [7, 11) is 1.43. The smallest absolute Gasteiger partial charge is 0.359 e. The first-order chi connectivity index (χ1) is 15.3. The van der Waals surface area contributed by atoms with Gasteiger partial charge in [-0.05, 0) is 18.9 Å². The molecule has 0 aliphatic rings. The Kier molecular flexibility index (Phi) is 9.20. The lowest BCUT2D eigenvalue weighted by molar-refractivity contribution is -0.121. The monoisotopic (exact) mass is 450 g/mol. The topological polar surface area (TPSA) is 165 Å². The van der Waals surface area contributed by atoms with E-state index in [1.54, 1.807) is 6.07 Å². The number of anilines is 2. The molecule has 2 heterocycles. The standard InChI is InChI=1S/C20H30N6O6/c1-4-6-8-26-17(21)16(18(28)22-20(26)30)25(9-10-31-3)15(27)12-32-19(29)14-11-13(7-5-2)23-24-14/h11H,4-10,12,21H2,1-3H3,(H,23,24)(H,22,28,30). The Morgan fingerprint density at radius 2 is 2.00 bits per heavy atom. The van der Waals surface area contributed by atoms with Crippen LogP contribution in [0.15, 0.2) is 15.7 Å². The van der Waals surface area contributed by atoms with Gasteiger partial charge in [0.15, 0.2) is 18.0 Å². The number of nitrogen functional groups attached to an aromatic ring is 1. The third-order valence-electron chi connectivity index (χ3n) is 4.73. The summed E-state index contributed by atoms with van der Waals surface area (Å²) in [6, 6.07) is 1.56. The molecule has 0 saturated heterocycles. The highest BCUT2D eigenvalue weighted by molar-refractivity contribution is 5.98. The Morgan fingerprint density at radius 3 is 2.66 bits per heavy atom. The van der Waals surface area contributed by atoms with Gasteiger partial charge in [0.05, 0.1) is 6.61 Å². The average Bonchev–Trinajstić information content (AvgIpc) is 3.22. The van der Waals surface area contributed by atoms with E-state index in [1.807, 2.05) is 13.8 Å². The summed E-state index contributed by atoms with van der Waals surface area (Å²) in [6.07, 6.45) is 3.05. The maximum absolute atomic E-state index is 12.9. The van der Waals surface area contributed by atoms with Crippen molar-refractivity contribution in [2.24, 2.45) is 0 Å². The zero-order valence-electron chi connectivity index (χ0n) is 18.6. The van der Waals surface area contributed by atoms with Crippen molar-refractivity contribution < 1.29 is 19.1 Å². The quantitative estimate of drug-likeness (QED) is 0.392. The van der Waals surface area contributed by atoms with Gasteiger partial charge in [-0.25, -0.2) is 9.59 Å². The summed E-state index contributed by atoms with van der Waals surface area (Å²) >= 11 is 0. The van der Waals surface area contributed by atoms with E-state index in [9.17, 15) is 19.2 Å². The first-order valence-corrected chi connectivity index (χ1v) is 10.5. The summed E-state index contributed by atoms with van der Waals surface area (Å²) in [4.78, 5) is 53.1. The van der Waals surface area contributed by atoms with Gasteiger partial charge in [0.25, 0.3) is 11.5 Å². The predicted octanol–water partition coefficient (Wildman–Crippen LogP) is 0.431. The number of carbonyl (C=O) groups is 2. The molecule has 12 nitrogen and oxygen atoms in total. The normalized spacial score (nSPS) is 10.8. The van der Waals surface area contributed by atoms with Crippen molar-refractivity contribution >= 4 is 23.4 Å². The number of methoxy groups -OCH3 is 1. The van der Waals surface area contributed by atoms with Crippen LogP contribution in [0.3, 0.4) is 0 Å². The van der Waals surface area contributed by atoms with Crippen molar-refractivity contribution in [1.82, 2.24) is 19.7 Å². The molecule has 2 aromatic heterocycles. The van der Waals surface area contributed by atoms with Crippen molar-refractivity contribution in [3.05, 3.63) is 38.3 Å². The van der Waals surface area contributed by atoms with Gasteiger partial charge in [0.2, 0.25) is 0 Å². The van der Waals surface area contributed by atoms with Crippen LogP contribution >= 0.6 is 0 Å². The third kappa shape index (κ3) is 6.06. The number of carbonyl (C=O) groups excluding carboxylic acids is 2. The molecule has 1 amide bonds. The van der Waals surface area contributed by atoms with Crippen LogP contribution in [0.25, 0.3) is 0 Å². The van der Waals surface area contributed by atoms with Crippen LogP contribution in [0.5, 0.6) is 0 Å². The SMILES string of the molecule is CCCCn1c(N)c(N(CCOC)C(=O)COC(=O)c2cc(CCC)[nH]n2)c(=O)[nH]c1=O. The van der Waals surface area contributed by atoms with Crippen LogP contribution < -0.4 is 21.9 Å². The van der Waals surface area contributed by atoms with E-state index in [0.717, 1.165) is 29.9 Å². The molecule has 0 bridgehead atoms. The summed E-state index contributed by atoms with van der Waals surface area (Å²) in [6.45, 7) is 3.63. The minimum absolute atomic E-state index is 0.0325. The Balaban J connectivity index is 2.25. The highest BCUT2D eigenvalue weighted by Crippen LogP contribution is 2.17. The molecule has 0 saturated carbocycles. The number of aromatic amines is 2. The molecule has 4 N–H and O–H groups in total. The largest absolute Gasteiger partial charge is 0.451 e. The molecule has 176 valence electrons. The molecule has 2 rings (SSSR count). The van der Waals surface area contributed by atoms with Crippen LogP contribution in [0, 0.1) is 0 Å². The average molecular weight is 450 g/mol. The number of rotatable bonds is 12. The highest BCUT2D eigenvalue weighted by Gasteiger charge is 2.25. The molecule has 0 aliphatic carbocycles. The number of nitrogens with one attached hydrogen (secondary N) is 2. The number of amides is 1. The number of H-pyrrole nitrogens is 2. The fourth-order valence-electron chi connectivity index (χ4n) is 3.06. The van der Waals surface area contributed by atoms with Crippen molar-refractivity contribution in [2.45, 2.75) is 46.1 Å². The molecule has 2 aromatic rings. The van der Waals surface area contributed by atoms with Crippen LogP contribution in [0.2, 0.25) is 0 Å². The first kappa shape index (κ1) is 24.9. The lowest BCUT2D eigenvalue weighted by atomic mass is 10.2. The Hall–Kier alpha value is -3.41. The molecule has 32 heavy (non-hydrogen) atoms. The summed E-state index contributed by atoms with van der Waals surface area (Å²) in [5, 5.41) is 6.62. The molecule has 0 aliphatic heterocycles. The van der Waals surface area contributed by atoms with Gasteiger partial charge in [-0.15, -0.1) is 0 Å². The molecule has 12 heteroatoms. The Morgan fingerprint density at radius 1 is 1.25 bits per heavy atom. The van der Waals surface area contributed by atoms with Crippen molar-refractivity contribution in [3.8, 4) is 0 Å². The van der Waals surface area contributed by atoms with Crippen molar-refractivity contribution in [1.29, 1.82) is 0 Å². The Bertz CT molecular complexity index is 1040. The zero-order chi connectivity index (χ0) is 23.7. The molecule has 0 atom stereocenters. The van der Waals surface area contributed by atoms with E-state index in [1.165, 1.54) is 11.7 Å². The van der Waals surface area contributed by atoms with Crippen LogP contribution in [-0.4, -0.2) is 58.5 Å². The van der Waals surface area contributed by atoms with Crippen molar-refractivity contribution in [3.63, 3.8) is 0 Å². The molecule has 0 unspecified atom stereocenters. The minimum Gasteiger partial charge on any atom is -0.451 e. The summed E-state index contributed by atoms with van der Waals surface area (Å²) in [5.74, 6) is -1.62. The highest BCUT2D eigenvalue weighted by atomic mass is 16.5. The summed E-state index contributed by atoms with van der Waals surface area (Å²) < 4.78 is 11.3.